The van der Waals surface area contributed by atoms with Gasteiger partial charge in [0.25, 0.3) is 0 Å². The number of rotatable bonds is 3. The molecule has 0 atom stereocenters. The molecule has 1 aliphatic heterocycles. The van der Waals surface area contributed by atoms with Crippen LogP contribution in [0.15, 0.2) is 34.8 Å². The Morgan fingerprint density at radius 3 is 3.05 bits per heavy atom. The van der Waals surface area contributed by atoms with Gasteiger partial charge in [0, 0.05) is 30.4 Å². The van der Waals surface area contributed by atoms with Gasteiger partial charge in [0.1, 0.15) is 4.90 Å². The van der Waals surface area contributed by atoms with Crippen molar-refractivity contribution in [3.05, 3.63) is 40.3 Å². The van der Waals surface area contributed by atoms with Crippen molar-refractivity contribution in [1.29, 1.82) is 0 Å². The Labute approximate surface area is 121 Å². The van der Waals surface area contributed by atoms with Crippen LogP contribution in [0.3, 0.4) is 0 Å². The second-order valence-electron chi connectivity index (χ2n) is 4.47. The fraction of sp³-hybridized carbons (Fsp3) is 0.250. The van der Waals surface area contributed by atoms with E-state index in [1.807, 2.05) is 11.4 Å². The molecule has 0 saturated carbocycles. The highest BCUT2D eigenvalue weighted by Crippen LogP contribution is 2.30. The zero-order valence-corrected chi connectivity index (χ0v) is 12.2. The van der Waals surface area contributed by atoms with E-state index in [2.05, 4.69) is 10.4 Å². The van der Waals surface area contributed by atoms with Gasteiger partial charge in [-0.1, -0.05) is 0 Å². The first kappa shape index (κ1) is 13.5. The predicted molar refractivity (Wildman–Crippen MR) is 77.7 cm³/mol. The minimum atomic E-state index is -3.59. The van der Waals surface area contributed by atoms with Crippen LogP contribution in [0.25, 0.3) is 0 Å². The Morgan fingerprint density at radius 2 is 2.25 bits per heavy atom. The number of hydrazine groups is 1. The maximum Gasteiger partial charge on any atom is 0.247 e. The average molecular weight is 310 g/mol. The van der Waals surface area contributed by atoms with Crippen molar-refractivity contribution >= 4 is 27.0 Å². The summed E-state index contributed by atoms with van der Waals surface area (Å²) in [6, 6.07) is 3.53. The van der Waals surface area contributed by atoms with Crippen molar-refractivity contribution in [2.45, 2.75) is 17.9 Å². The molecule has 3 heterocycles. The summed E-state index contributed by atoms with van der Waals surface area (Å²) >= 11 is 1.68. The number of nitrogen functional groups attached to an aromatic ring is 1. The van der Waals surface area contributed by atoms with E-state index in [0.717, 1.165) is 12.0 Å². The molecule has 3 rings (SSSR count). The first-order valence-corrected chi connectivity index (χ1v) is 8.41. The molecule has 2 aromatic rings. The summed E-state index contributed by atoms with van der Waals surface area (Å²) in [6.07, 6.45) is 3.58. The van der Waals surface area contributed by atoms with Crippen LogP contribution < -0.4 is 11.3 Å². The van der Waals surface area contributed by atoms with Crippen molar-refractivity contribution in [2.75, 3.05) is 12.0 Å². The third-order valence-electron chi connectivity index (χ3n) is 3.33. The van der Waals surface area contributed by atoms with E-state index in [9.17, 15) is 8.42 Å². The number of hydrogen-bond donors (Lipinski definition) is 2. The topological polar surface area (TPSA) is 88.3 Å². The van der Waals surface area contributed by atoms with E-state index in [4.69, 9.17) is 5.84 Å². The van der Waals surface area contributed by atoms with E-state index in [1.165, 1.54) is 21.6 Å². The number of nitrogens with one attached hydrogen (secondary N) is 1. The number of sulfonamides is 1. The maximum absolute atomic E-state index is 12.7. The monoisotopic (exact) mass is 310 g/mol. The van der Waals surface area contributed by atoms with Crippen LogP contribution in [0.2, 0.25) is 0 Å². The molecule has 6 nitrogen and oxygen atoms in total. The Kier molecular flexibility index (Phi) is 3.47. The molecular formula is C12H14N4O2S2. The van der Waals surface area contributed by atoms with Gasteiger partial charge in [-0.05, 0) is 29.5 Å². The van der Waals surface area contributed by atoms with E-state index in [-0.39, 0.29) is 4.90 Å². The van der Waals surface area contributed by atoms with Gasteiger partial charge in [0.2, 0.25) is 10.0 Å². The molecule has 0 bridgehead atoms. The highest BCUT2D eigenvalue weighted by molar-refractivity contribution is 7.89. The normalized spacial score (nSPS) is 15.8. The summed E-state index contributed by atoms with van der Waals surface area (Å²) in [7, 11) is -3.59. The van der Waals surface area contributed by atoms with Crippen molar-refractivity contribution in [2.24, 2.45) is 5.84 Å². The minimum absolute atomic E-state index is 0.112. The van der Waals surface area contributed by atoms with Crippen LogP contribution in [0.1, 0.15) is 10.4 Å². The molecule has 0 spiro atoms. The zero-order chi connectivity index (χ0) is 14.2. The lowest BCUT2D eigenvalue weighted by molar-refractivity contribution is 0.394. The molecule has 0 saturated heterocycles. The van der Waals surface area contributed by atoms with Gasteiger partial charge in [0.05, 0.1) is 5.69 Å². The van der Waals surface area contributed by atoms with Gasteiger partial charge < -0.3 is 5.43 Å². The number of aromatic nitrogens is 1. The minimum Gasteiger partial charge on any atom is -0.323 e. The van der Waals surface area contributed by atoms with Crippen molar-refractivity contribution in [3.8, 4) is 0 Å². The molecule has 0 aliphatic carbocycles. The second-order valence-corrected chi connectivity index (χ2v) is 7.38. The van der Waals surface area contributed by atoms with E-state index in [1.54, 1.807) is 17.4 Å². The van der Waals surface area contributed by atoms with Gasteiger partial charge in [-0.3, -0.25) is 10.8 Å². The SMILES string of the molecule is NNc1ccncc1S(=O)(=O)N1CCc2sccc2C1. The number of nitrogens with zero attached hydrogens (tertiary/aromatic N) is 2. The second kappa shape index (κ2) is 5.13. The van der Waals surface area contributed by atoms with Gasteiger partial charge in [0.15, 0.2) is 0 Å². The molecule has 106 valence electrons. The van der Waals surface area contributed by atoms with Crippen molar-refractivity contribution in [1.82, 2.24) is 9.29 Å². The Bertz CT molecular complexity index is 727. The van der Waals surface area contributed by atoms with Crippen LogP contribution in [0.5, 0.6) is 0 Å². The number of fused-ring (bicyclic) bond motifs is 1. The highest BCUT2D eigenvalue weighted by atomic mass is 32.2. The van der Waals surface area contributed by atoms with Crippen LogP contribution in [0, 0.1) is 0 Å². The number of hydrogen-bond acceptors (Lipinski definition) is 6. The summed E-state index contributed by atoms with van der Waals surface area (Å²) in [5, 5.41) is 2.00. The molecule has 8 heteroatoms. The lowest BCUT2D eigenvalue weighted by Gasteiger charge is -2.26. The molecule has 2 aromatic heterocycles. The standard InChI is InChI=1S/C12H14N4O2S2/c13-15-10-1-4-14-7-12(10)20(17,18)16-5-2-11-9(8-16)3-6-19-11/h1,3-4,6-7H,2,5,8,13H2,(H,14,15). The van der Waals surface area contributed by atoms with Gasteiger partial charge in [-0.25, -0.2) is 8.42 Å². The largest absolute Gasteiger partial charge is 0.323 e. The van der Waals surface area contributed by atoms with Gasteiger partial charge >= 0.3 is 0 Å². The van der Waals surface area contributed by atoms with E-state index in [0.29, 0.717) is 18.8 Å². The molecule has 0 fully saturated rings. The lowest BCUT2D eigenvalue weighted by Crippen LogP contribution is -2.36. The molecule has 0 aromatic carbocycles. The predicted octanol–water partition coefficient (Wildman–Crippen LogP) is 1.18. The molecule has 3 N–H and O–H groups in total. The summed E-state index contributed by atoms with van der Waals surface area (Å²) < 4.78 is 26.9. The molecule has 0 unspecified atom stereocenters. The van der Waals surface area contributed by atoms with E-state index < -0.39 is 10.0 Å². The third kappa shape index (κ3) is 2.20. The van der Waals surface area contributed by atoms with Crippen molar-refractivity contribution in [3.63, 3.8) is 0 Å². The number of anilines is 1. The zero-order valence-electron chi connectivity index (χ0n) is 10.6. The Hall–Kier alpha value is -1.48. The fourth-order valence-electron chi connectivity index (χ4n) is 2.27. The molecule has 1 aliphatic rings. The highest BCUT2D eigenvalue weighted by Gasteiger charge is 2.30. The molecule has 20 heavy (non-hydrogen) atoms. The Balaban J connectivity index is 1.97. The third-order valence-corrected chi connectivity index (χ3v) is 6.23. The number of nitrogens with two attached hydrogens (primary N) is 1. The summed E-state index contributed by atoms with van der Waals surface area (Å²) in [6.45, 7) is 0.884. The molecular weight excluding hydrogens is 296 g/mol. The molecule has 0 amide bonds. The number of pyridine rings is 1. The smallest absolute Gasteiger partial charge is 0.247 e. The quantitative estimate of drug-likeness (QED) is 0.656. The fourth-order valence-corrected chi connectivity index (χ4v) is 4.68. The van der Waals surface area contributed by atoms with Crippen LogP contribution in [-0.2, 0) is 23.0 Å². The average Bonchev–Trinajstić information content (AvgIpc) is 2.94. The van der Waals surface area contributed by atoms with Gasteiger partial charge in [-0.15, -0.1) is 11.3 Å². The van der Waals surface area contributed by atoms with Crippen LogP contribution in [-0.4, -0.2) is 24.3 Å². The number of thiophene rings is 1. The van der Waals surface area contributed by atoms with Crippen molar-refractivity contribution < 1.29 is 8.42 Å². The van der Waals surface area contributed by atoms with Crippen LogP contribution in [0.4, 0.5) is 5.69 Å². The van der Waals surface area contributed by atoms with Crippen LogP contribution >= 0.6 is 11.3 Å². The summed E-state index contributed by atoms with van der Waals surface area (Å²) in [5.74, 6) is 5.38. The first-order chi connectivity index (χ1) is 9.63. The summed E-state index contributed by atoms with van der Waals surface area (Å²) in [4.78, 5) is 5.27. The first-order valence-electron chi connectivity index (χ1n) is 6.09. The Morgan fingerprint density at radius 1 is 1.40 bits per heavy atom. The lowest BCUT2D eigenvalue weighted by atomic mass is 10.1. The van der Waals surface area contributed by atoms with E-state index >= 15 is 0 Å². The van der Waals surface area contributed by atoms with Gasteiger partial charge in [-0.2, -0.15) is 4.31 Å². The summed E-state index contributed by atoms with van der Waals surface area (Å²) in [5.41, 5.74) is 3.85. The maximum atomic E-state index is 12.7. The molecule has 0 radical (unpaired) electrons.